The number of carboxylic acids is 1. The summed E-state index contributed by atoms with van der Waals surface area (Å²) in [5.41, 5.74) is 18.3. The predicted molar refractivity (Wildman–Crippen MR) is 153 cm³/mol. The summed E-state index contributed by atoms with van der Waals surface area (Å²) in [5, 5.41) is 18.1. The number of primary amides is 1. The first-order valence-corrected chi connectivity index (χ1v) is 14.4. The van der Waals surface area contributed by atoms with Crippen molar-refractivity contribution in [2.45, 2.75) is 62.7 Å². The second-order valence-corrected chi connectivity index (χ2v) is 10.4. The summed E-state index contributed by atoms with van der Waals surface area (Å²) in [6.45, 7) is 0.384. The van der Waals surface area contributed by atoms with Crippen LogP contribution >= 0.6 is 11.8 Å². The summed E-state index contributed by atoms with van der Waals surface area (Å²) in [5.74, 6) is -3.68. The topological polar surface area (TPSA) is 236 Å². The summed E-state index contributed by atoms with van der Waals surface area (Å²) in [6, 6.07) is 2.60. The Morgan fingerprint density at radius 2 is 1.60 bits per heavy atom. The number of nitrogens with two attached hydrogens (primary N) is 3. The lowest BCUT2D eigenvalue weighted by Crippen LogP contribution is -2.58. The van der Waals surface area contributed by atoms with E-state index in [1.807, 2.05) is 30.5 Å². The van der Waals surface area contributed by atoms with Crippen LogP contribution < -0.4 is 33.2 Å². The Morgan fingerprint density at radius 3 is 2.25 bits per heavy atom. The number of amides is 4. The van der Waals surface area contributed by atoms with E-state index >= 15 is 0 Å². The molecule has 1 aromatic carbocycles. The Kier molecular flexibility index (Phi) is 13.4. The van der Waals surface area contributed by atoms with Crippen LogP contribution in [-0.2, 0) is 30.4 Å². The third-order valence-corrected chi connectivity index (χ3v) is 6.95. The number of fused-ring (bicyclic) bond motifs is 1. The minimum atomic E-state index is -1.46. The van der Waals surface area contributed by atoms with Gasteiger partial charge in [0.05, 0.1) is 12.5 Å². The lowest BCUT2D eigenvalue weighted by Gasteiger charge is -2.25. The first-order chi connectivity index (χ1) is 19.1. The fourth-order valence-electron chi connectivity index (χ4n) is 4.09. The van der Waals surface area contributed by atoms with Crippen molar-refractivity contribution in [1.82, 2.24) is 20.9 Å². The molecule has 0 aliphatic rings. The maximum Gasteiger partial charge on any atom is 0.326 e. The van der Waals surface area contributed by atoms with Crippen LogP contribution in [0.15, 0.2) is 30.5 Å². The molecule has 0 saturated carbocycles. The Hall–Kier alpha value is -3.62. The van der Waals surface area contributed by atoms with E-state index in [1.165, 1.54) is 11.8 Å². The third-order valence-electron chi connectivity index (χ3n) is 6.30. The molecule has 0 saturated heterocycles. The van der Waals surface area contributed by atoms with Gasteiger partial charge in [-0.2, -0.15) is 11.8 Å². The number of hydrogen-bond donors (Lipinski definition) is 8. The largest absolute Gasteiger partial charge is 0.480 e. The maximum absolute atomic E-state index is 13.2. The number of aromatic amines is 1. The zero-order valence-electron chi connectivity index (χ0n) is 22.5. The number of benzene rings is 1. The number of H-pyrrole nitrogens is 1. The van der Waals surface area contributed by atoms with Gasteiger partial charge in [-0.25, -0.2) is 4.79 Å². The highest BCUT2D eigenvalue weighted by molar-refractivity contribution is 7.98. The van der Waals surface area contributed by atoms with Crippen molar-refractivity contribution in [3.8, 4) is 0 Å². The van der Waals surface area contributed by atoms with Crippen molar-refractivity contribution < 1.29 is 29.1 Å². The zero-order chi connectivity index (χ0) is 29.7. The Labute approximate surface area is 236 Å². The monoisotopic (exact) mass is 577 g/mol. The molecule has 13 nitrogen and oxygen atoms in total. The lowest BCUT2D eigenvalue weighted by molar-refractivity contribution is -0.142. The van der Waals surface area contributed by atoms with Crippen LogP contribution in [0.25, 0.3) is 10.9 Å². The number of hydrogen-bond acceptors (Lipinski definition) is 8. The molecule has 0 aliphatic carbocycles. The highest BCUT2D eigenvalue weighted by atomic mass is 32.2. The van der Waals surface area contributed by atoms with Crippen molar-refractivity contribution in [1.29, 1.82) is 0 Å². The second kappa shape index (κ2) is 16.5. The molecular formula is C26H39N7O6S. The summed E-state index contributed by atoms with van der Waals surface area (Å²) in [7, 11) is 0. The van der Waals surface area contributed by atoms with Crippen LogP contribution in [-0.4, -0.2) is 82.4 Å². The van der Waals surface area contributed by atoms with Crippen molar-refractivity contribution in [2.75, 3.05) is 18.6 Å². The van der Waals surface area contributed by atoms with E-state index < -0.39 is 60.2 Å². The van der Waals surface area contributed by atoms with Crippen molar-refractivity contribution in [3.63, 3.8) is 0 Å². The van der Waals surface area contributed by atoms with Gasteiger partial charge in [0.1, 0.15) is 18.1 Å². The van der Waals surface area contributed by atoms with E-state index in [0.717, 1.165) is 10.9 Å². The number of unbranched alkanes of at least 4 members (excludes halogenated alkanes) is 1. The fourth-order valence-corrected chi connectivity index (χ4v) is 4.58. The quantitative estimate of drug-likeness (QED) is 0.105. The molecule has 4 unspecified atom stereocenters. The number of para-hydroxylation sites is 1. The first-order valence-electron chi connectivity index (χ1n) is 13.0. The van der Waals surface area contributed by atoms with Gasteiger partial charge in [-0.05, 0) is 55.9 Å². The molecular weight excluding hydrogens is 538 g/mol. The van der Waals surface area contributed by atoms with Gasteiger partial charge < -0.3 is 43.2 Å². The Bertz CT molecular complexity index is 1170. The molecule has 11 N–H and O–H groups in total. The molecule has 220 valence electrons. The minimum Gasteiger partial charge on any atom is -0.480 e. The van der Waals surface area contributed by atoms with Crippen LogP contribution in [0.4, 0.5) is 0 Å². The van der Waals surface area contributed by atoms with Gasteiger partial charge in [0.2, 0.25) is 23.6 Å². The normalized spacial score (nSPS) is 14.1. The Balaban J connectivity index is 2.16. The number of nitrogens with one attached hydrogen (secondary N) is 4. The highest BCUT2D eigenvalue weighted by Crippen LogP contribution is 2.19. The molecule has 4 atom stereocenters. The minimum absolute atomic E-state index is 0.0476. The predicted octanol–water partition coefficient (Wildman–Crippen LogP) is -0.666. The molecule has 0 spiro atoms. The van der Waals surface area contributed by atoms with Gasteiger partial charge in [0.15, 0.2) is 0 Å². The molecule has 1 aromatic heterocycles. The van der Waals surface area contributed by atoms with E-state index in [0.29, 0.717) is 37.1 Å². The van der Waals surface area contributed by atoms with E-state index in [9.17, 15) is 29.1 Å². The Morgan fingerprint density at radius 1 is 0.950 bits per heavy atom. The molecule has 14 heteroatoms. The van der Waals surface area contributed by atoms with Crippen LogP contribution in [0, 0.1) is 0 Å². The third kappa shape index (κ3) is 10.2. The van der Waals surface area contributed by atoms with Crippen molar-refractivity contribution in [2.24, 2.45) is 17.2 Å². The molecule has 2 aromatic rings. The standard InChI is InChI=1S/C26H39N7O6S/c1-40-11-9-17(28)23(35)31-19(8-4-5-10-27)24(36)32-20(13-22(29)34)25(37)33-21(26(38)39)12-15-14-30-18-7-3-2-6-16(15)18/h2-3,6-7,14,17,19-21,30H,4-5,8-13,27-28H2,1H3,(H2,29,34)(H,31,35)(H,32,36)(H,33,37)(H,38,39). The SMILES string of the molecule is CSCCC(N)C(=O)NC(CCCCN)C(=O)NC(CC(N)=O)C(=O)NC(Cc1c[nH]c2ccccc12)C(=O)O. The van der Waals surface area contributed by atoms with Gasteiger partial charge in [-0.1, -0.05) is 18.2 Å². The number of carboxylic acid groups (broad SMARTS) is 1. The van der Waals surface area contributed by atoms with Crippen LogP contribution in [0.5, 0.6) is 0 Å². The van der Waals surface area contributed by atoms with Crippen molar-refractivity contribution in [3.05, 3.63) is 36.0 Å². The number of carbonyl (C=O) groups excluding carboxylic acids is 4. The van der Waals surface area contributed by atoms with E-state index in [1.54, 1.807) is 6.20 Å². The molecule has 0 radical (unpaired) electrons. The molecule has 0 bridgehead atoms. The summed E-state index contributed by atoms with van der Waals surface area (Å²) in [6.07, 6.45) is 4.64. The van der Waals surface area contributed by atoms with E-state index in [4.69, 9.17) is 17.2 Å². The van der Waals surface area contributed by atoms with Gasteiger partial charge in [-0.15, -0.1) is 0 Å². The summed E-state index contributed by atoms with van der Waals surface area (Å²) in [4.78, 5) is 65.7. The maximum atomic E-state index is 13.2. The van der Waals surface area contributed by atoms with E-state index in [-0.39, 0.29) is 12.8 Å². The molecule has 40 heavy (non-hydrogen) atoms. The smallest absolute Gasteiger partial charge is 0.326 e. The van der Waals surface area contributed by atoms with Gasteiger partial charge in [0.25, 0.3) is 0 Å². The molecule has 0 fully saturated rings. The number of carbonyl (C=O) groups is 5. The average molecular weight is 578 g/mol. The average Bonchev–Trinajstić information content (AvgIpc) is 3.32. The number of aromatic nitrogens is 1. The highest BCUT2D eigenvalue weighted by Gasteiger charge is 2.31. The molecule has 4 amide bonds. The first kappa shape index (κ1) is 32.6. The fraction of sp³-hybridized carbons (Fsp3) is 0.500. The zero-order valence-corrected chi connectivity index (χ0v) is 23.3. The van der Waals surface area contributed by atoms with Crippen LogP contribution in [0.1, 0.15) is 37.7 Å². The van der Waals surface area contributed by atoms with Crippen molar-refractivity contribution >= 4 is 52.3 Å². The number of thioether (sulfide) groups is 1. The number of aliphatic carboxylic acids is 1. The lowest BCUT2D eigenvalue weighted by atomic mass is 10.0. The molecule has 2 rings (SSSR count). The van der Waals surface area contributed by atoms with E-state index in [2.05, 4.69) is 20.9 Å². The van der Waals surface area contributed by atoms with Gasteiger partial charge in [0, 0.05) is 23.5 Å². The van der Waals surface area contributed by atoms with Gasteiger partial charge in [-0.3, -0.25) is 19.2 Å². The molecule has 1 heterocycles. The van der Waals surface area contributed by atoms with Crippen LogP contribution in [0.2, 0.25) is 0 Å². The number of rotatable bonds is 18. The second-order valence-electron chi connectivity index (χ2n) is 9.43. The van der Waals surface area contributed by atoms with Crippen LogP contribution in [0.3, 0.4) is 0 Å². The van der Waals surface area contributed by atoms with Gasteiger partial charge >= 0.3 is 5.97 Å². The summed E-state index contributed by atoms with van der Waals surface area (Å²) >= 11 is 1.53. The molecule has 0 aliphatic heterocycles. The summed E-state index contributed by atoms with van der Waals surface area (Å²) < 4.78 is 0.